The van der Waals surface area contributed by atoms with Crippen LogP contribution in [0.4, 0.5) is 17.6 Å². The summed E-state index contributed by atoms with van der Waals surface area (Å²) in [6.45, 7) is -0.165. The average molecular weight is 310 g/mol. The minimum atomic E-state index is -2.11. The second-order valence-corrected chi connectivity index (χ2v) is 4.25. The maximum atomic E-state index is 13.5. The van der Waals surface area contributed by atoms with E-state index in [0.717, 1.165) is 0 Å². The maximum absolute atomic E-state index is 13.5. The average Bonchev–Trinajstić information content (AvgIpc) is 2.43. The van der Waals surface area contributed by atoms with Gasteiger partial charge in [0.15, 0.2) is 17.4 Å². The number of halogens is 4. The van der Waals surface area contributed by atoms with E-state index in [1.807, 2.05) is 0 Å². The molecule has 0 saturated carbocycles. The monoisotopic (exact) mass is 310 g/mol. The minimum absolute atomic E-state index is 0.0250. The first kappa shape index (κ1) is 17.2. The van der Waals surface area contributed by atoms with Gasteiger partial charge in [-0.2, -0.15) is 8.78 Å². The highest BCUT2D eigenvalue weighted by Crippen LogP contribution is 2.30. The van der Waals surface area contributed by atoms with Crippen LogP contribution in [0.25, 0.3) is 0 Å². The second kappa shape index (κ2) is 7.82. The Kier molecular flexibility index (Phi) is 6.41. The Morgan fingerprint density at radius 1 is 0.905 bits per heavy atom. The van der Waals surface area contributed by atoms with Gasteiger partial charge in [0, 0.05) is 6.61 Å². The van der Waals surface area contributed by atoms with E-state index < -0.39 is 40.6 Å². The van der Waals surface area contributed by atoms with Crippen LogP contribution in [0.15, 0.2) is 0 Å². The molecular formula is C13H14F4O4. The van der Waals surface area contributed by atoms with Gasteiger partial charge in [-0.25, -0.2) is 13.6 Å². The first-order chi connectivity index (χ1) is 9.91. The predicted molar refractivity (Wildman–Crippen MR) is 64.3 cm³/mol. The zero-order valence-corrected chi connectivity index (χ0v) is 11.0. The Labute approximate surface area is 118 Å². The van der Waals surface area contributed by atoms with Crippen molar-refractivity contribution < 1.29 is 37.3 Å². The molecule has 0 heterocycles. The molecule has 0 fully saturated rings. The number of carbonyl (C=O) groups is 1. The van der Waals surface area contributed by atoms with E-state index in [9.17, 15) is 22.4 Å². The summed E-state index contributed by atoms with van der Waals surface area (Å²) < 4.78 is 58.4. The highest BCUT2D eigenvalue weighted by molar-refractivity contribution is 5.88. The fourth-order valence-corrected chi connectivity index (χ4v) is 1.67. The smallest absolute Gasteiger partial charge is 0.341 e. The topological polar surface area (TPSA) is 66.8 Å². The summed E-state index contributed by atoms with van der Waals surface area (Å²) in [5.41, 5.74) is -1.69. The zero-order valence-electron chi connectivity index (χ0n) is 11.0. The van der Waals surface area contributed by atoms with E-state index in [2.05, 4.69) is 4.74 Å². The molecule has 0 aromatic heterocycles. The molecule has 21 heavy (non-hydrogen) atoms. The lowest BCUT2D eigenvalue weighted by Crippen LogP contribution is -2.12. The first-order valence-corrected chi connectivity index (χ1v) is 6.24. The number of carboxylic acids is 1. The molecular weight excluding hydrogens is 296 g/mol. The highest BCUT2D eigenvalue weighted by Gasteiger charge is 2.30. The van der Waals surface area contributed by atoms with Gasteiger partial charge in [-0.1, -0.05) is 6.42 Å². The van der Waals surface area contributed by atoms with Crippen LogP contribution < -0.4 is 4.74 Å². The zero-order chi connectivity index (χ0) is 16.0. The molecule has 0 aliphatic carbocycles. The molecule has 0 saturated heterocycles. The molecule has 0 radical (unpaired) electrons. The third-order valence-electron chi connectivity index (χ3n) is 2.74. The van der Waals surface area contributed by atoms with Crippen molar-refractivity contribution in [2.24, 2.45) is 0 Å². The maximum Gasteiger partial charge on any atom is 0.341 e. The van der Waals surface area contributed by atoms with Crippen LogP contribution in [0.1, 0.15) is 36.0 Å². The van der Waals surface area contributed by atoms with Crippen LogP contribution in [0.3, 0.4) is 0 Å². The molecule has 0 aliphatic rings. The van der Waals surface area contributed by atoms with Gasteiger partial charge in [0.1, 0.15) is 5.56 Å². The van der Waals surface area contributed by atoms with E-state index in [1.54, 1.807) is 0 Å². The number of aliphatic hydroxyl groups is 1. The molecule has 4 nitrogen and oxygen atoms in total. The number of ether oxygens (including phenoxy) is 1. The fraction of sp³-hybridized carbons (Fsp3) is 0.462. The number of benzene rings is 1. The number of unbranched alkanes of at least 4 members (excludes halogenated alkanes) is 3. The molecule has 0 aliphatic heterocycles. The molecule has 118 valence electrons. The van der Waals surface area contributed by atoms with Crippen LogP contribution in [0.2, 0.25) is 0 Å². The van der Waals surface area contributed by atoms with E-state index in [1.165, 1.54) is 0 Å². The van der Waals surface area contributed by atoms with Crippen molar-refractivity contribution in [3.63, 3.8) is 0 Å². The summed E-state index contributed by atoms with van der Waals surface area (Å²) >= 11 is 0. The first-order valence-electron chi connectivity index (χ1n) is 6.24. The van der Waals surface area contributed by atoms with Crippen molar-refractivity contribution in [2.75, 3.05) is 13.2 Å². The quantitative estimate of drug-likeness (QED) is 0.440. The Morgan fingerprint density at radius 2 is 1.43 bits per heavy atom. The molecule has 8 heteroatoms. The predicted octanol–water partition coefficient (Wildman–Crippen LogP) is 2.87. The number of hydrogen-bond acceptors (Lipinski definition) is 3. The summed E-state index contributed by atoms with van der Waals surface area (Å²) in [6.07, 6.45) is 2.20. The van der Waals surface area contributed by atoms with Crippen molar-refractivity contribution >= 4 is 5.97 Å². The van der Waals surface area contributed by atoms with Gasteiger partial charge in [-0.05, 0) is 19.3 Å². The summed E-state index contributed by atoms with van der Waals surface area (Å²) in [5, 5.41) is 17.1. The summed E-state index contributed by atoms with van der Waals surface area (Å²) in [5.74, 6) is -11.1. The van der Waals surface area contributed by atoms with Gasteiger partial charge in [0.05, 0.1) is 6.61 Å². The Bertz CT molecular complexity index is 490. The van der Waals surface area contributed by atoms with Crippen molar-refractivity contribution in [1.82, 2.24) is 0 Å². The SMILES string of the molecule is O=C(O)c1c(F)c(F)c(OCCCCCCO)c(F)c1F. The lowest BCUT2D eigenvalue weighted by molar-refractivity contribution is 0.0682. The number of aliphatic hydroxyl groups excluding tert-OH is 1. The van der Waals surface area contributed by atoms with Gasteiger partial charge in [-0.3, -0.25) is 0 Å². The number of carboxylic acid groups (broad SMARTS) is 1. The van der Waals surface area contributed by atoms with Crippen molar-refractivity contribution in [3.8, 4) is 5.75 Å². The van der Waals surface area contributed by atoms with E-state index >= 15 is 0 Å². The van der Waals surface area contributed by atoms with Gasteiger partial charge in [-0.15, -0.1) is 0 Å². The standard InChI is InChI=1S/C13H14F4O4/c14-8-7(13(19)20)9(15)11(17)12(10(8)16)21-6-4-2-1-3-5-18/h18H,1-6H2,(H,19,20). The van der Waals surface area contributed by atoms with Crippen LogP contribution in [0, 0.1) is 23.3 Å². The summed E-state index contributed by atoms with van der Waals surface area (Å²) in [6, 6.07) is 0. The van der Waals surface area contributed by atoms with Crippen molar-refractivity contribution in [1.29, 1.82) is 0 Å². The van der Waals surface area contributed by atoms with E-state index in [4.69, 9.17) is 10.2 Å². The molecule has 1 aromatic rings. The Morgan fingerprint density at radius 3 is 1.90 bits per heavy atom. The molecule has 0 unspecified atom stereocenters. The van der Waals surface area contributed by atoms with Crippen LogP contribution in [-0.2, 0) is 0 Å². The third-order valence-corrected chi connectivity index (χ3v) is 2.74. The van der Waals surface area contributed by atoms with Crippen molar-refractivity contribution in [2.45, 2.75) is 25.7 Å². The number of hydrogen-bond donors (Lipinski definition) is 2. The number of rotatable bonds is 8. The lowest BCUT2D eigenvalue weighted by Gasteiger charge is -2.11. The molecule has 0 amide bonds. The van der Waals surface area contributed by atoms with Gasteiger partial charge in [0.25, 0.3) is 0 Å². The van der Waals surface area contributed by atoms with E-state index in [0.29, 0.717) is 25.7 Å². The lowest BCUT2D eigenvalue weighted by atomic mass is 10.1. The summed E-state index contributed by atoms with van der Waals surface area (Å²) in [7, 11) is 0. The Hall–Kier alpha value is -1.83. The molecule has 0 spiro atoms. The minimum Gasteiger partial charge on any atom is -0.487 e. The van der Waals surface area contributed by atoms with Crippen LogP contribution in [0.5, 0.6) is 5.75 Å². The summed E-state index contributed by atoms with van der Waals surface area (Å²) in [4.78, 5) is 10.5. The largest absolute Gasteiger partial charge is 0.487 e. The molecule has 0 atom stereocenters. The molecule has 1 rings (SSSR count). The van der Waals surface area contributed by atoms with Crippen molar-refractivity contribution in [3.05, 3.63) is 28.8 Å². The Balaban J connectivity index is 2.82. The van der Waals surface area contributed by atoms with E-state index in [-0.39, 0.29) is 13.2 Å². The second-order valence-electron chi connectivity index (χ2n) is 4.25. The molecule has 2 N–H and O–H groups in total. The molecule has 0 bridgehead atoms. The van der Waals surface area contributed by atoms with Gasteiger partial charge < -0.3 is 14.9 Å². The van der Waals surface area contributed by atoms with Gasteiger partial charge >= 0.3 is 5.97 Å². The number of aromatic carboxylic acids is 1. The normalized spacial score (nSPS) is 10.7. The highest BCUT2D eigenvalue weighted by atomic mass is 19.2. The third kappa shape index (κ3) is 4.07. The van der Waals surface area contributed by atoms with Crippen LogP contribution >= 0.6 is 0 Å². The van der Waals surface area contributed by atoms with Gasteiger partial charge in [0.2, 0.25) is 11.6 Å². The fourth-order valence-electron chi connectivity index (χ4n) is 1.67. The molecule has 1 aromatic carbocycles. The van der Waals surface area contributed by atoms with Crippen LogP contribution in [-0.4, -0.2) is 29.4 Å².